The molecule has 0 fully saturated rings. The SMILES string of the molecule is CC(C)(C(=O)NCCc1nccs1)c1cccc(C(F)(F)F)c1. The summed E-state index contributed by atoms with van der Waals surface area (Å²) < 4.78 is 38.4. The van der Waals surface area contributed by atoms with E-state index < -0.39 is 17.2 Å². The summed E-state index contributed by atoms with van der Waals surface area (Å²) in [6, 6.07) is 4.89. The Balaban J connectivity index is 2.06. The van der Waals surface area contributed by atoms with Gasteiger partial charge in [0.2, 0.25) is 5.91 Å². The van der Waals surface area contributed by atoms with Gasteiger partial charge in [0.05, 0.1) is 16.0 Å². The molecular formula is C16H17F3N2OS. The third-order valence-corrected chi connectivity index (χ3v) is 4.43. The molecular weight excluding hydrogens is 325 g/mol. The van der Waals surface area contributed by atoms with Gasteiger partial charge in [-0.3, -0.25) is 4.79 Å². The number of nitrogens with one attached hydrogen (secondary N) is 1. The van der Waals surface area contributed by atoms with Crippen molar-refractivity contribution in [1.29, 1.82) is 0 Å². The fraction of sp³-hybridized carbons (Fsp3) is 0.375. The molecule has 0 atom stereocenters. The number of carbonyl (C=O) groups is 1. The number of rotatable bonds is 5. The Morgan fingerprint density at radius 3 is 2.57 bits per heavy atom. The normalized spacial score (nSPS) is 12.2. The minimum absolute atomic E-state index is 0.312. The maximum Gasteiger partial charge on any atom is 0.416 e. The van der Waals surface area contributed by atoms with Gasteiger partial charge in [0.15, 0.2) is 0 Å². The van der Waals surface area contributed by atoms with E-state index in [0.29, 0.717) is 18.5 Å². The predicted octanol–water partition coefficient (Wildman–Crippen LogP) is 3.80. The zero-order chi connectivity index (χ0) is 17.1. The van der Waals surface area contributed by atoms with E-state index >= 15 is 0 Å². The summed E-state index contributed by atoms with van der Waals surface area (Å²) in [7, 11) is 0. The second kappa shape index (κ2) is 6.70. The third-order valence-electron chi connectivity index (χ3n) is 3.59. The minimum Gasteiger partial charge on any atom is -0.355 e. The van der Waals surface area contributed by atoms with Crippen LogP contribution in [0.3, 0.4) is 0 Å². The van der Waals surface area contributed by atoms with Crippen molar-refractivity contribution in [1.82, 2.24) is 10.3 Å². The fourth-order valence-electron chi connectivity index (χ4n) is 2.10. The van der Waals surface area contributed by atoms with Gasteiger partial charge in [-0.2, -0.15) is 13.2 Å². The summed E-state index contributed by atoms with van der Waals surface area (Å²) in [6.07, 6.45) is -2.14. The maximum atomic E-state index is 12.8. The van der Waals surface area contributed by atoms with E-state index in [0.717, 1.165) is 17.1 Å². The lowest BCUT2D eigenvalue weighted by atomic mass is 9.83. The molecule has 0 saturated carbocycles. The summed E-state index contributed by atoms with van der Waals surface area (Å²) in [6.45, 7) is 3.62. The Morgan fingerprint density at radius 2 is 1.96 bits per heavy atom. The fourth-order valence-corrected chi connectivity index (χ4v) is 2.72. The number of benzene rings is 1. The molecule has 1 amide bonds. The Bertz CT molecular complexity index is 666. The predicted molar refractivity (Wildman–Crippen MR) is 83.3 cm³/mol. The molecule has 1 aromatic carbocycles. The van der Waals surface area contributed by atoms with Crippen LogP contribution < -0.4 is 5.32 Å². The van der Waals surface area contributed by atoms with E-state index in [9.17, 15) is 18.0 Å². The van der Waals surface area contributed by atoms with Gasteiger partial charge in [0.25, 0.3) is 0 Å². The molecule has 1 N–H and O–H groups in total. The number of alkyl halides is 3. The van der Waals surface area contributed by atoms with Gasteiger partial charge in [-0.1, -0.05) is 18.2 Å². The van der Waals surface area contributed by atoms with E-state index in [2.05, 4.69) is 10.3 Å². The molecule has 124 valence electrons. The summed E-state index contributed by atoms with van der Waals surface area (Å²) in [5.74, 6) is -0.312. The van der Waals surface area contributed by atoms with Crippen molar-refractivity contribution in [3.8, 4) is 0 Å². The molecule has 0 aliphatic heterocycles. The number of hydrogen-bond acceptors (Lipinski definition) is 3. The molecule has 0 bridgehead atoms. The third kappa shape index (κ3) is 4.31. The van der Waals surface area contributed by atoms with Crippen LogP contribution in [0.25, 0.3) is 0 Å². The molecule has 0 spiro atoms. The first-order chi connectivity index (χ1) is 10.7. The van der Waals surface area contributed by atoms with Gasteiger partial charge in [0, 0.05) is 24.5 Å². The van der Waals surface area contributed by atoms with Crippen molar-refractivity contribution >= 4 is 17.2 Å². The Labute approximate surface area is 136 Å². The minimum atomic E-state index is -4.42. The Kier molecular flexibility index (Phi) is 5.09. The van der Waals surface area contributed by atoms with Gasteiger partial charge < -0.3 is 5.32 Å². The Hall–Kier alpha value is -1.89. The number of nitrogens with zero attached hydrogens (tertiary/aromatic N) is 1. The van der Waals surface area contributed by atoms with Crippen LogP contribution in [0.4, 0.5) is 13.2 Å². The van der Waals surface area contributed by atoms with Gasteiger partial charge in [-0.15, -0.1) is 11.3 Å². The number of amides is 1. The van der Waals surface area contributed by atoms with Crippen LogP contribution in [-0.4, -0.2) is 17.4 Å². The average molecular weight is 342 g/mol. The second-order valence-corrected chi connectivity index (χ2v) is 6.61. The number of carbonyl (C=O) groups excluding carboxylic acids is 1. The zero-order valence-corrected chi connectivity index (χ0v) is 13.6. The lowest BCUT2D eigenvalue weighted by Crippen LogP contribution is -2.41. The van der Waals surface area contributed by atoms with Crippen molar-refractivity contribution < 1.29 is 18.0 Å². The largest absolute Gasteiger partial charge is 0.416 e. The van der Waals surface area contributed by atoms with E-state index in [1.807, 2.05) is 5.38 Å². The smallest absolute Gasteiger partial charge is 0.355 e. The van der Waals surface area contributed by atoms with Crippen molar-refractivity contribution in [2.24, 2.45) is 0 Å². The first-order valence-electron chi connectivity index (χ1n) is 7.05. The number of hydrogen-bond donors (Lipinski definition) is 1. The van der Waals surface area contributed by atoms with Crippen LogP contribution >= 0.6 is 11.3 Å². The lowest BCUT2D eigenvalue weighted by Gasteiger charge is -2.25. The maximum absolute atomic E-state index is 12.8. The Morgan fingerprint density at radius 1 is 1.26 bits per heavy atom. The standard InChI is InChI=1S/C16H17F3N2OS/c1-15(2,11-4-3-5-12(10-11)16(17,18)19)14(22)21-7-6-13-20-8-9-23-13/h3-5,8-10H,6-7H2,1-2H3,(H,21,22). The van der Waals surface area contributed by atoms with E-state index in [1.54, 1.807) is 20.0 Å². The van der Waals surface area contributed by atoms with Crippen LogP contribution in [0, 0.1) is 0 Å². The molecule has 1 heterocycles. The highest BCUT2D eigenvalue weighted by Crippen LogP contribution is 2.32. The zero-order valence-electron chi connectivity index (χ0n) is 12.8. The molecule has 0 saturated heterocycles. The molecule has 3 nitrogen and oxygen atoms in total. The van der Waals surface area contributed by atoms with E-state index in [4.69, 9.17) is 0 Å². The topological polar surface area (TPSA) is 42.0 Å². The molecule has 1 aromatic heterocycles. The summed E-state index contributed by atoms with van der Waals surface area (Å²) in [4.78, 5) is 16.5. The molecule has 0 radical (unpaired) electrons. The highest BCUT2D eigenvalue weighted by molar-refractivity contribution is 7.09. The van der Waals surface area contributed by atoms with E-state index in [1.165, 1.54) is 23.5 Å². The number of halogens is 3. The molecule has 2 aromatic rings. The first-order valence-corrected chi connectivity index (χ1v) is 7.93. The van der Waals surface area contributed by atoms with E-state index in [-0.39, 0.29) is 5.91 Å². The molecule has 0 unspecified atom stereocenters. The average Bonchev–Trinajstić information content (AvgIpc) is 2.99. The van der Waals surface area contributed by atoms with Gasteiger partial charge in [-0.25, -0.2) is 4.98 Å². The monoisotopic (exact) mass is 342 g/mol. The molecule has 0 aliphatic rings. The van der Waals surface area contributed by atoms with Crippen LogP contribution in [0.1, 0.15) is 30.0 Å². The highest BCUT2D eigenvalue weighted by Gasteiger charge is 2.34. The van der Waals surface area contributed by atoms with Crippen molar-refractivity contribution in [2.75, 3.05) is 6.54 Å². The molecule has 23 heavy (non-hydrogen) atoms. The van der Waals surface area contributed by atoms with Crippen LogP contribution in [-0.2, 0) is 22.8 Å². The van der Waals surface area contributed by atoms with Crippen LogP contribution in [0.2, 0.25) is 0 Å². The van der Waals surface area contributed by atoms with Gasteiger partial charge in [-0.05, 0) is 25.5 Å². The van der Waals surface area contributed by atoms with Crippen molar-refractivity contribution in [3.63, 3.8) is 0 Å². The van der Waals surface area contributed by atoms with Gasteiger partial charge >= 0.3 is 6.18 Å². The van der Waals surface area contributed by atoms with Crippen molar-refractivity contribution in [3.05, 3.63) is 52.0 Å². The van der Waals surface area contributed by atoms with Crippen LogP contribution in [0.15, 0.2) is 35.8 Å². The van der Waals surface area contributed by atoms with Crippen molar-refractivity contribution in [2.45, 2.75) is 31.9 Å². The molecule has 7 heteroatoms. The van der Waals surface area contributed by atoms with Gasteiger partial charge in [0.1, 0.15) is 0 Å². The number of aromatic nitrogens is 1. The van der Waals surface area contributed by atoms with Crippen LogP contribution in [0.5, 0.6) is 0 Å². The highest BCUT2D eigenvalue weighted by atomic mass is 32.1. The quantitative estimate of drug-likeness (QED) is 0.898. The first kappa shape index (κ1) is 17.5. The summed E-state index contributed by atoms with van der Waals surface area (Å²) >= 11 is 1.50. The summed E-state index contributed by atoms with van der Waals surface area (Å²) in [5.41, 5.74) is -1.47. The lowest BCUT2D eigenvalue weighted by molar-refractivity contribution is -0.137. The molecule has 0 aliphatic carbocycles. The number of thiazole rings is 1. The second-order valence-electron chi connectivity index (χ2n) is 5.64. The summed E-state index contributed by atoms with van der Waals surface area (Å²) in [5, 5.41) is 5.52. The molecule has 2 rings (SSSR count).